The van der Waals surface area contributed by atoms with E-state index in [0.717, 1.165) is 27.9 Å². The van der Waals surface area contributed by atoms with Crippen molar-refractivity contribution in [1.29, 1.82) is 0 Å². The average Bonchev–Trinajstić information content (AvgIpc) is 3.58. The Morgan fingerprint density at radius 3 is 1.45 bits per heavy atom. The number of aromatic nitrogens is 4. The van der Waals surface area contributed by atoms with Gasteiger partial charge in [-0.15, -0.1) is 0 Å². The lowest BCUT2D eigenvalue weighted by Gasteiger charge is -2.19. The summed E-state index contributed by atoms with van der Waals surface area (Å²) in [6.45, 7) is 0. The molecular weight excluding hydrogens is 645 g/mol. The molecule has 53 heavy (non-hydrogen) atoms. The molecule has 0 radical (unpaired) electrons. The molecule has 0 unspecified atom stereocenters. The van der Waals surface area contributed by atoms with E-state index in [2.05, 4.69) is 126 Å². The van der Waals surface area contributed by atoms with Gasteiger partial charge in [0.25, 0.3) is 0 Å². The van der Waals surface area contributed by atoms with Crippen LogP contribution in [0.15, 0.2) is 182 Å². The molecule has 8 aromatic carbocycles. The van der Waals surface area contributed by atoms with Gasteiger partial charge in [0.05, 0.1) is 5.52 Å². The first kappa shape index (κ1) is 29.5. The molecule has 11 rings (SSSR count). The fourth-order valence-corrected chi connectivity index (χ4v) is 8.28. The Bertz CT molecular complexity index is 2990. The first-order chi connectivity index (χ1) is 26.3. The van der Waals surface area contributed by atoms with Crippen LogP contribution < -0.4 is 0 Å². The summed E-state index contributed by atoms with van der Waals surface area (Å²) in [7, 11) is 0. The minimum Gasteiger partial charge on any atom is -0.316 e. The molecule has 0 N–H and O–H groups in total. The molecule has 0 amide bonds. The Hall–Kier alpha value is -7.17. The molecule has 0 spiro atoms. The predicted octanol–water partition coefficient (Wildman–Crippen LogP) is 12.4. The van der Waals surface area contributed by atoms with Crippen molar-refractivity contribution in [1.82, 2.24) is 19.5 Å². The second-order valence-electron chi connectivity index (χ2n) is 13.6. The smallest absolute Gasteiger partial charge is 0.164 e. The van der Waals surface area contributed by atoms with Crippen molar-refractivity contribution in [2.45, 2.75) is 0 Å². The van der Waals surface area contributed by atoms with E-state index in [-0.39, 0.29) is 0 Å². The van der Waals surface area contributed by atoms with Crippen molar-refractivity contribution in [3.8, 4) is 73.2 Å². The number of hydrogen-bond donors (Lipinski definition) is 0. The van der Waals surface area contributed by atoms with Crippen molar-refractivity contribution in [3.63, 3.8) is 0 Å². The number of benzene rings is 8. The monoisotopic (exact) mass is 674 g/mol. The Balaban J connectivity index is 1.16. The lowest BCUT2D eigenvalue weighted by atomic mass is 9.85. The van der Waals surface area contributed by atoms with Gasteiger partial charge in [0, 0.05) is 39.5 Å². The third-order valence-electron chi connectivity index (χ3n) is 10.6. The van der Waals surface area contributed by atoms with Crippen LogP contribution in [0.1, 0.15) is 0 Å². The van der Waals surface area contributed by atoms with Crippen molar-refractivity contribution < 1.29 is 0 Å². The van der Waals surface area contributed by atoms with Crippen LogP contribution in [0.2, 0.25) is 0 Å². The highest BCUT2D eigenvalue weighted by atomic mass is 15.0. The molecule has 10 aromatic rings. The van der Waals surface area contributed by atoms with E-state index in [9.17, 15) is 0 Å². The van der Waals surface area contributed by atoms with Gasteiger partial charge in [0.2, 0.25) is 0 Å². The lowest BCUT2D eigenvalue weighted by Crippen LogP contribution is -2.01. The highest BCUT2D eigenvalue weighted by Gasteiger charge is 2.27. The maximum Gasteiger partial charge on any atom is 0.164 e. The summed E-state index contributed by atoms with van der Waals surface area (Å²) in [6.07, 6.45) is 2.32. The molecule has 4 nitrogen and oxygen atoms in total. The fourth-order valence-electron chi connectivity index (χ4n) is 8.28. The number of rotatable bonds is 4. The summed E-state index contributed by atoms with van der Waals surface area (Å²) in [6, 6.07) is 62.2. The number of nitrogens with zero attached hydrogens (tertiary/aromatic N) is 4. The van der Waals surface area contributed by atoms with E-state index in [1.165, 1.54) is 60.3 Å². The van der Waals surface area contributed by atoms with Crippen LogP contribution in [0, 0.1) is 0 Å². The summed E-state index contributed by atoms with van der Waals surface area (Å²) >= 11 is 0. The van der Waals surface area contributed by atoms with Crippen LogP contribution in [0.25, 0.3) is 106 Å². The molecule has 2 heterocycles. The Morgan fingerprint density at radius 2 is 0.811 bits per heavy atom. The van der Waals surface area contributed by atoms with E-state index in [4.69, 9.17) is 15.0 Å². The van der Waals surface area contributed by atoms with Gasteiger partial charge in [-0.3, -0.25) is 0 Å². The second kappa shape index (κ2) is 11.7. The maximum atomic E-state index is 5.03. The largest absolute Gasteiger partial charge is 0.316 e. The predicted molar refractivity (Wildman–Crippen MR) is 218 cm³/mol. The molecule has 0 saturated carbocycles. The van der Waals surface area contributed by atoms with Crippen molar-refractivity contribution in [3.05, 3.63) is 182 Å². The summed E-state index contributed by atoms with van der Waals surface area (Å²) < 4.78 is 2.33. The van der Waals surface area contributed by atoms with Gasteiger partial charge in [-0.05, 0) is 67.6 Å². The topological polar surface area (TPSA) is 43.6 Å². The lowest BCUT2D eigenvalue weighted by molar-refractivity contribution is 1.07. The van der Waals surface area contributed by atoms with E-state index < -0.39 is 0 Å². The number of hydrogen-bond acceptors (Lipinski definition) is 3. The Morgan fingerprint density at radius 1 is 0.340 bits per heavy atom. The zero-order valence-corrected chi connectivity index (χ0v) is 28.6. The average molecular weight is 675 g/mol. The van der Waals surface area contributed by atoms with E-state index in [1.54, 1.807) is 0 Å². The van der Waals surface area contributed by atoms with Gasteiger partial charge in [0.15, 0.2) is 17.5 Å². The highest BCUT2D eigenvalue weighted by Crippen LogP contribution is 2.53. The van der Waals surface area contributed by atoms with Crippen LogP contribution in [-0.2, 0) is 0 Å². The van der Waals surface area contributed by atoms with Gasteiger partial charge in [-0.25, -0.2) is 15.0 Å². The van der Waals surface area contributed by atoms with Gasteiger partial charge in [-0.2, -0.15) is 0 Å². The molecule has 246 valence electrons. The molecule has 0 saturated heterocycles. The van der Waals surface area contributed by atoms with Crippen LogP contribution >= 0.6 is 0 Å². The summed E-state index contributed by atoms with van der Waals surface area (Å²) in [5.41, 5.74) is 12.6. The normalized spacial score (nSPS) is 11.8. The fraction of sp³-hybridized carbons (Fsp3) is 0. The van der Waals surface area contributed by atoms with E-state index in [1.807, 2.05) is 60.7 Å². The number of fused-ring (bicyclic) bond motifs is 10. The first-order valence-corrected chi connectivity index (χ1v) is 18.0. The molecule has 2 aromatic heterocycles. The summed E-state index contributed by atoms with van der Waals surface area (Å²) in [5, 5.41) is 6.35. The quantitative estimate of drug-likeness (QED) is 0.175. The molecular formula is C49H30N4. The van der Waals surface area contributed by atoms with Crippen LogP contribution in [-0.4, -0.2) is 19.5 Å². The van der Waals surface area contributed by atoms with Crippen molar-refractivity contribution in [2.24, 2.45) is 0 Å². The summed E-state index contributed by atoms with van der Waals surface area (Å²) in [5.74, 6) is 1.93. The minimum absolute atomic E-state index is 0.635. The molecule has 4 heteroatoms. The second-order valence-corrected chi connectivity index (χ2v) is 13.6. The van der Waals surface area contributed by atoms with Gasteiger partial charge in [0.1, 0.15) is 0 Å². The highest BCUT2D eigenvalue weighted by molar-refractivity contribution is 6.27. The van der Waals surface area contributed by atoms with Gasteiger partial charge in [-0.1, -0.05) is 158 Å². The standard InChI is InChI=1S/C49H30N4/c1-3-15-31(16-4-1)47-50-48(32-17-5-2-6-18-32)52-49(51-47)33-19-13-20-34(29-33)53-30-42-37-23-9-12-26-40(37)45-38-24-10-7-21-35(38)36-22-8-11-25-39(36)46(45)41-27-14-28-43(53)44(41)42/h1-30H. The Labute approximate surface area is 306 Å². The molecule has 0 atom stereocenters. The van der Waals surface area contributed by atoms with Crippen LogP contribution in [0.4, 0.5) is 0 Å². The van der Waals surface area contributed by atoms with E-state index >= 15 is 0 Å². The van der Waals surface area contributed by atoms with Crippen LogP contribution in [0.3, 0.4) is 0 Å². The molecule has 1 aliphatic rings. The first-order valence-electron chi connectivity index (χ1n) is 18.0. The van der Waals surface area contributed by atoms with Gasteiger partial charge < -0.3 is 4.57 Å². The van der Waals surface area contributed by atoms with Crippen molar-refractivity contribution in [2.75, 3.05) is 0 Å². The minimum atomic E-state index is 0.635. The maximum absolute atomic E-state index is 5.03. The molecule has 0 bridgehead atoms. The van der Waals surface area contributed by atoms with Gasteiger partial charge >= 0.3 is 0 Å². The zero-order chi connectivity index (χ0) is 34.9. The molecule has 0 fully saturated rings. The van der Waals surface area contributed by atoms with Crippen molar-refractivity contribution >= 4 is 32.4 Å². The third kappa shape index (κ3) is 4.59. The zero-order valence-electron chi connectivity index (χ0n) is 28.6. The van der Waals surface area contributed by atoms with Crippen LogP contribution in [0.5, 0.6) is 0 Å². The SMILES string of the molecule is c1ccc(-c2nc(-c3ccccc3)nc(-c3cccc(-n4cc5c6c(cccc64)-c4c(c6ccccc6c6ccccc46)-c4ccccc4-5)c3)n2)cc1. The Kier molecular flexibility index (Phi) is 6.52. The summed E-state index contributed by atoms with van der Waals surface area (Å²) in [4.78, 5) is 15.0. The third-order valence-corrected chi connectivity index (χ3v) is 10.6. The van der Waals surface area contributed by atoms with E-state index in [0.29, 0.717) is 17.5 Å². The molecule has 0 aliphatic heterocycles. The molecule has 1 aliphatic carbocycles.